The predicted octanol–water partition coefficient (Wildman–Crippen LogP) is 1.87. The number of carbonyl (C=O) groups is 2. The predicted molar refractivity (Wildman–Crippen MR) is 54.0 cm³/mol. The molecule has 17 heavy (non-hydrogen) atoms. The number of aliphatic carboxylic acids is 1. The van der Waals surface area contributed by atoms with E-state index < -0.39 is 12.1 Å². The second kappa shape index (κ2) is 4.90. The van der Waals surface area contributed by atoms with Gasteiger partial charge in [-0.1, -0.05) is 12.1 Å². The Labute approximate surface area is 95.8 Å². The Morgan fingerprint density at radius 3 is 2.24 bits per heavy atom. The fraction of sp³-hybridized carbons (Fsp3) is 0.273. The third-order valence-corrected chi connectivity index (χ3v) is 1.87. The lowest BCUT2D eigenvalue weighted by Gasteiger charge is -2.13. The van der Waals surface area contributed by atoms with E-state index in [4.69, 9.17) is 5.11 Å². The Balaban J connectivity index is 2.75. The van der Waals surface area contributed by atoms with Gasteiger partial charge in [-0.3, -0.25) is 4.79 Å². The number of halogens is 2. The van der Waals surface area contributed by atoms with Gasteiger partial charge >= 0.3 is 12.1 Å². The maximum atomic E-state index is 12.7. The number of benzene rings is 1. The second-order valence-electron chi connectivity index (χ2n) is 3.45. The summed E-state index contributed by atoms with van der Waals surface area (Å²) in [4.78, 5) is 20.9. The van der Waals surface area contributed by atoms with Crippen LogP contribution in [0, 0.1) is 0 Å². The number of carboxylic acid groups (broad SMARTS) is 1. The molecule has 0 saturated heterocycles. The van der Waals surface area contributed by atoms with Crippen LogP contribution in [0.25, 0.3) is 0 Å². The molecule has 0 aliphatic rings. The summed E-state index contributed by atoms with van der Waals surface area (Å²) in [6.45, 7) is 1.41. The van der Waals surface area contributed by atoms with Crippen molar-refractivity contribution in [2.24, 2.45) is 0 Å². The van der Waals surface area contributed by atoms with E-state index in [9.17, 15) is 18.4 Å². The number of ketones is 1. The van der Waals surface area contributed by atoms with E-state index in [1.54, 1.807) is 0 Å². The average molecular weight is 244 g/mol. The first-order valence-corrected chi connectivity index (χ1v) is 4.70. The maximum Gasteiger partial charge on any atom is 0.501 e. The van der Waals surface area contributed by atoms with Gasteiger partial charge in [0, 0.05) is 6.42 Å². The third kappa shape index (κ3) is 3.82. The lowest BCUT2D eigenvalue weighted by molar-refractivity contribution is -0.210. The Morgan fingerprint density at radius 2 is 1.82 bits per heavy atom. The number of hydrogen-bond acceptors (Lipinski definition) is 3. The largest absolute Gasteiger partial charge is 0.501 e. The van der Waals surface area contributed by atoms with Gasteiger partial charge in [0.1, 0.15) is 11.5 Å². The quantitative estimate of drug-likeness (QED) is 0.858. The number of carbonyl (C=O) groups excluding carboxylic acids is 1. The summed E-state index contributed by atoms with van der Waals surface area (Å²) in [6.07, 6.45) is -4.07. The van der Waals surface area contributed by atoms with Crippen molar-refractivity contribution >= 4 is 11.8 Å². The summed E-state index contributed by atoms with van der Waals surface area (Å²) in [7, 11) is 0. The van der Waals surface area contributed by atoms with Crippen molar-refractivity contribution in [1.82, 2.24) is 0 Å². The van der Waals surface area contributed by atoms with Gasteiger partial charge in [-0.15, -0.1) is 0 Å². The smallest absolute Gasteiger partial charge is 0.474 e. The summed E-state index contributed by atoms with van der Waals surface area (Å²) in [5, 5.41) is 8.16. The van der Waals surface area contributed by atoms with Crippen molar-refractivity contribution < 1.29 is 28.2 Å². The molecule has 1 aromatic rings. The van der Waals surface area contributed by atoms with Crippen molar-refractivity contribution in [3.63, 3.8) is 0 Å². The van der Waals surface area contributed by atoms with Crippen LogP contribution in [-0.2, 0) is 16.0 Å². The zero-order valence-electron chi connectivity index (χ0n) is 8.94. The van der Waals surface area contributed by atoms with Gasteiger partial charge in [0.2, 0.25) is 0 Å². The first-order valence-electron chi connectivity index (χ1n) is 4.70. The monoisotopic (exact) mass is 244 g/mol. The fourth-order valence-corrected chi connectivity index (χ4v) is 1.15. The standard InChI is InChI=1S/C11H10F2O4/c1-7(14)6-8-2-4-9(5-3-8)17-11(12,13)10(15)16/h2-5H,6H2,1H3,(H,15,16). The molecule has 0 aromatic heterocycles. The summed E-state index contributed by atoms with van der Waals surface area (Å²) in [5.41, 5.74) is 0.642. The number of rotatable bonds is 5. The zero-order chi connectivity index (χ0) is 13.1. The second-order valence-corrected chi connectivity index (χ2v) is 3.45. The minimum Gasteiger partial charge on any atom is -0.474 e. The normalized spacial score (nSPS) is 11.0. The van der Waals surface area contributed by atoms with Gasteiger partial charge in [0.25, 0.3) is 0 Å². The Hall–Kier alpha value is -1.98. The molecule has 0 bridgehead atoms. The highest BCUT2D eigenvalue weighted by Gasteiger charge is 2.42. The van der Waals surface area contributed by atoms with Gasteiger partial charge in [0.05, 0.1) is 0 Å². The van der Waals surface area contributed by atoms with Crippen LogP contribution in [-0.4, -0.2) is 23.0 Å². The summed E-state index contributed by atoms with van der Waals surface area (Å²) < 4.78 is 29.3. The highest BCUT2D eigenvalue weighted by molar-refractivity contribution is 5.78. The molecule has 1 N–H and O–H groups in total. The van der Waals surface area contributed by atoms with Crippen molar-refractivity contribution in [3.8, 4) is 5.75 Å². The lowest BCUT2D eigenvalue weighted by atomic mass is 10.1. The number of Topliss-reactive ketones (excluding diaryl/α,β-unsaturated/α-hetero) is 1. The molecule has 92 valence electrons. The molecule has 1 aromatic carbocycles. The molecule has 0 aliphatic carbocycles. The van der Waals surface area contributed by atoms with Gasteiger partial charge in [-0.2, -0.15) is 8.78 Å². The van der Waals surface area contributed by atoms with Crippen LogP contribution in [0.3, 0.4) is 0 Å². The molecule has 0 aliphatic heterocycles. The minimum atomic E-state index is -4.26. The zero-order valence-corrected chi connectivity index (χ0v) is 8.94. The van der Waals surface area contributed by atoms with Crippen LogP contribution in [0.2, 0.25) is 0 Å². The van der Waals surface area contributed by atoms with Crippen molar-refractivity contribution in [2.75, 3.05) is 0 Å². The van der Waals surface area contributed by atoms with Crippen LogP contribution >= 0.6 is 0 Å². The van der Waals surface area contributed by atoms with Crippen molar-refractivity contribution in [2.45, 2.75) is 19.5 Å². The molecule has 0 saturated carbocycles. The summed E-state index contributed by atoms with van der Waals surface area (Å²) in [6, 6.07) is 5.23. The lowest BCUT2D eigenvalue weighted by Crippen LogP contribution is -2.34. The molecular weight excluding hydrogens is 234 g/mol. The van der Waals surface area contributed by atoms with Crippen LogP contribution in [0.5, 0.6) is 5.75 Å². The number of hydrogen-bond donors (Lipinski definition) is 1. The molecule has 0 amide bonds. The highest BCUT2D eigenvalue weighted by atomic mass is 19.3. The fourth-order valence-electron chi connectivity index (χ4n) is 1.15. The van der Waals surface area contributed by atoms with E-state index in [1.807, 2.05) is 0 Å². The first kappa shape index (κ1) is 13.1. The molecule has 0 heterocycles. The van der Waals surface area contributed by atoms with E-state index >= 15 is 0 Å². The average Bonchev–Trinajstić information content (AvgIpc) is 2.19. The Kier molecular flexibility index (Phi) is 3.77. The maximum absolute atomic E-state index is 12.7. The van der Waals surface area contributed by atoms with Crippen LogP contribution in [0.4, 0.5) is 8.78 Å². The number of ether oxygens (including phenoxy) is 1. The van der Waals surface area contributed by atoms with Crippen LogP contribution in [0.1, 0.15) is 12.5 Å². The number of carboxylic acids is 1. The molecule has 0 atom stereocenters. The molecule has 0 unspecified atom stereocenters. The topological polar surface area (TPSA) is 63.6 Å². The molecule has 0 spiro atoms. The van der Waals surface area contributed by atoms with Crippen molar-refractivity contribution in [1.29, 1.82) is 0 Å². The summed E-state index contributed by atoms with van der Waals surface area (Å²) >= 11 is 0. The summed E-state index contributed by atoms with van der Waals surface area (Å²) in [5.74, 6) is -2.69. The minimum absolute atomic E-state index is 0.0606. The van der Waals surface area contributed by atoms with E-state index in [2.05, 4.69) is 4.74 Å². The molecule has 0 fully saturated rings. The van der Waals surface area contributed by atoms with Gasteiger partial charge < -0.3 is 9.84 Å². The number of alkyl halides is 2. The molecule has 0 radical (unpaired) electrons. The molecule has 1 rings (SSSR count). The Morgan fingerprint density at radius 1 is 1.29 bits per heavy atom. The van der Waals surface area contributed by atoms with Crippen LogP contribution in [0.15, 0.2) is 24.3 Å². The highest BCUT2D eigenvalue weighted by Crippen LogP contribution is 2.22. The van der Waals surface area contributed by atoms with E-state index in [0.29, 0.717) is 5.56 Å². The van der Waals surface area contributed by atoms with Crippen LogP contribution < -0.4 is 4.74 Å². The third-order valence-electron chi connectivity index (χ3n) is 1.87. The van der Waals surface area contributed by atoms with Gasteiger partial charge in [-0.25, -0.2) is 4.79 Å². The first-order chi connectivity index (χ1) is 7.81. The van der Waals surface area contributed by atoms with E-state index in [0.717, 1.165) is 0 Å². The van der Waals surface area contributed by atoms with Gasteiger partial charge in [0.15, 0.2) is 0 Å². The molecule has 6 heteroatoms. The molecular formula is C11H10F2O4. The van der Waals surface area contributed by atoms with Gasteiger partial charge in [-0.05, 0) is 24.6 Å². The van der Waals surface area contributed by atoms with Crippen molar-refractivity contribution in [3.05, 3.63) is 29.8 Å². The SMILES string of the molecule is CC(=O)Cc1ccc(OC(F)(F)C(=O)O)cc1. The van der Waals surface area contributed by atoms with E-state index in [1.165, 1.54) is 31.2 Å². The Bertz CT molecular complexity index is 426. The van der Waals surface area contributed by atoms with E-state index in [-0.39, 0.29) is 18.0 Å². The molecule has 4 nitrogen and oxygen atoms in total.